The lowest BCUT2D eigenvalue weighted by Crippen LogP contribution is -2.39. The maximum absolute atomic E-state index is 12.8. The lowest BCUT2D eigenvalue weighted by Gasteiger charge is -2.27. The third-order valence-electron chi connectivity index (χ3n) is 4.45. The number of rotatable bonds is 7. The first kappa shape index (κ1) is 18.4. The van der Waals surface area contributed by atoms with Crippen LogP contribution in [-0.4, -0.2) is 46.9 Å². The van der Waals surface area contributed by atoms with Crippen molar-refractivity contribution in [3.8, 4) is 5.75 Å². The molecular weight excluding hydrogens is 332 g/mol. The number of hydrogen-bond acceptors (Lipinski definition) is 5. The smallest absolute Gasteiger partial charge is 0.272 e. The van der Waals surface area contributed by atoms with Gasteiger partial charge in [-0.1, -0.05) is 12.1 Å². The van der Waals surface area contributed by atoms with Gasteiger partial charge in [0.25, 0.3) is 5.91 Å². The van der Waals surface area contributed by atoms with Crippen LogP contribution in [-0.2, 0) is 17.8 Å². The second-order valence-electron chi connectivity index (χ2n) is 6.71. The third-order valence-corrected chi connectivity index (χ3v) is 4.45. The van der Waals surface area contributed by atoms with E-state index in [1.54, 1.807) is 11.8 Å². The van der Waals surface area contributed by atoms with Gasteiger partial charge in [0.15, 0.2) is 0 Å². The molecule has 1 aromatic carbocycles. The summed E-state index contributed by atoms with van der Waals surface area (Å²) in [6, 6.07) is 9.57. The quantitative estimate of drug-likeness (QED) is 0.818. The second-order valence-corrected chi connectivity index (χ2v) is 6.71. The molecule has 2 N–H and O–H groups in total. The Bertz CT molecular complexity index is 755. The molecule has 0 saturated carbocycles. The summed E-state index contributed by atoms with van der Waals surface area (Å²) in [4.78, 5) is 14.7. The Morgan fingerprint density at radius 2 is 1.96 bits per heavy atom. The molecule has 2 aromatic rings. The van der Waals surface area contributed by atoms with E-state index in [1.165, 1.54) is 0 Å². The lowest BCUT2D eigenvalue weighted by molar-refractivity contribution is 0.0551. The minimum Gasteiger partial charge on any atom is -0.497 e. The minimum atomic E-state index is -0.193. The topological polar surface area (TPSA) is 82.6 Å². The van der Waals surface area contributed by atoms with Gasteiger partial charge in [0.2, 0.25) is 0 Å². The highest BCUT2D eigenvalue weighted by Crippen LogP contribution is 2.22. The van der Waals surface area contributed by atoms with Gasteiger partial charge in [-0.2, -0.15) is 5.10 Å². The zero-order chi connectivity index (χ0) is 18.7. The second kappa shape index (κ2) is 7.88. The van der Waals surface area contributed by atoms with Gasteiger partial charge in [0, 0.05) is 19.1 Å². The maximum atomic E-state index is 12.8. The summed E-state index contributed by atoms with van der Waals surface area (Å²) < 4.78 is 12.7. The number of benzene rings is 1. The van der Waals surface area contributed by atoms with Gasteiger partial charge < -0.3 is 20.1 Å². The summed E-state index contributed by atoms with van der Waals surface area (Å²) in [5, 5.41) is 4.53. The van der Waals surface area contributed by atoms with Crippen LogP contribution in [0.4, 0.5) is 0 Å². The van der Waals surface area contributed by atoms with Crippen LogP contribution < -0.4 is 10.5 Å². The Morgan fingerprint density at radius 1 is 1.23 bits per heavy atom. The molecule has 3 rings (SSSR count). The first-order chi connectivity index (χ1) is 12.5. The lowest BCUT2D eigenvalue weighted by atomic mass is 10.1. The van der Waals surface area contributed by atoms with Crippen LogP contribution in [0.5, 0.6) is 5.75 Å². The van der Waals surface area contributed by atoms with Crippen LogP contribution >= 0.6 is 0 Å². The normalized spacial score (nSPS) is 16.3. The van der Waals surface area contributed by atoms with Crippen LogP contribution in [0, 0.1) is 0 Å². The summed E-state index contributed by atoms with van der Waals surface area (Å²) in [6.07, 6.45) is -0.193. The molecule has 0 aliphatic carbocycles. The van der Waals surface area contributed by atoms with Gasteiger partial charge in [-0.05, 0) is 37.6 Å². The zero-order valence-corrected chi connectivity index (χ0v) is 15.5. The Kier molecular flexibility index (Phi) is 5.58. The van der Waals surface area contributed by atoms with E-state index in [4.69, 9.17) is 15.2 Å². The van der Waals surface area contributed by atoms with Crippen LogP contribution in [0.15, 0.2) is 30.3 Å². The molecule has 1 unspecified atom stereocenters. The Balaban J connectivity index is 1.69. The molecule has 2 heterocycles. The van der Waals surface area contributed by atoms with E-state index in [9.17, 15) is 4.79 Å². The monoisotopic (exact) mass is 358 g/mol. The Hall–Kier alpha value is -2.38. The predicted octanol–water partition coefficient (Wildman–Crippen LogP) is 1.97. The Morgan fingerprint density at radius 3 is 2.62 bits per heavy atom. The van der Waals surface area contributed by atoms with E-state index in [1.807, 2.05) is 49.1 Å². The van der Waals surface area contributed by atoms with Gasteiger partial charge in [-0.25, -0.2) is 0 Å². The molecule has 0 bridgehead atoms. The Labute approximate surface area is 153 Å². The van der Waals surface area contributed by atoms with Crippen molar-refractivity contribution in [3.63, 3.8) is 0 Å². The van der Waals surface area contributed by atoms with Crippen LogP contribution in [0.25, 0.3) is 0 Å². The van der Waals surface area contributed by atoms with Crippen LogP contribution in [0.2, 0.25) is 0 Å². The van der Waals surface area contributed by atoms with Gasteiger partial charge >= 0.3 is 0 Å². The third kappa shape index (κ3) is 4.05. The summed E-state index contributed by atoms with van der Waals surface area (Å²) in [5.41, 5.74) is 8.17. The number of carbonyl (C=O) groups excluding carboxylic acids is 1. The van der Waals surface area contributed by atoms with Crippen molar-refractivity contribution in [2.45, 2.75) is 39.1 Å². The number of methoxy groups -OCH3 is 1. The minimum absolute atomic E-state index is 0.00906. The molecule has 0 fully saturated rings. The molecule has 1 aliphatic rings. The summed E-state index contributed by atoms with van der Waals surface area (Å²) in [6.45, 7) is 6.16. The molecule has 26 heavy (non-hydrogen) atoms. The number of nitrogens with zero attached hydrogens (tertiary/aromatic N) is 3. The molecule has 1 aliphatic heterocycles. The highest BCUT2D eigenvalue weighted by atomic mass is 16.5. The molecule has 0 radical (unpaired) electrons. The van der Waals surface area contributed by atoms with Crippen molar-refractivity contribution < 1.29 is 14.3 Å². The molecule has 7 heteroatoms. The van der Waals surface area contributed by atoms with Crippen LogP contribution in [0.1, 0.15) is 41.7 Å². The number of hydrogen-bond donors (Lipinski definition) is 1. The number of nitrogens with two attached hydrogens (primary N) is 1. The fraction of sp³-hybridized carbons (Fsp3) is 0.474. The maximum Gasteiger partial charge on any atom is 0.272 e. The van der Waals surface area contributed by atoms with Crippen LogP contribution in [0.3, 0.4) is 0 Å². The molecule has 1 amide bonds. The molecule has 0 spiro atoms. The highest BCUT2D eigenvalue weighted by molar-refractivity contribution is 5.93. The van der Waals surface area contributed by atoms with Crippen molar-refractivity contribution >= 4 is 5.91 Å². The number of aromatic nitrogens is 2. The standard InChI is InChI=1S/C19H26N4O3/c1-13(20)12-26-14(2)17-10-18-19(24)22(8-9-23(18)21-17)11-15-4-6-16(25-3)7-5-15/h4-7,10,13-14H,8-9,11-12,20H2,1-3H3/t13-,14?/m0/s1. The van der Waals surface area contributed by atoms with E-state index in [-0.39, 0.29) is 18.1 Å². The fourth-order valence-electron chi connectivity index (χ4n) is 2.94. The average Bonchev–Trinajstić information content (AvgIpc) is 3.08. The largest absolute Gasteiger partial charge is 0.497 e. The molecule has 1 aromatic heterocycles. The number of ether oxygens (including phenoxy) is 2. The van der Waals surface area contributed by atoms with Crippen molar-refractivity contribution in [2.24, 2.45) is 5.73 Å². The average molecular weight is 358 g/mol. The zero-order valence-electron chi connectivity index (χ0n) is 15.5. The molecule has 2 atom stereocenters. The van der Waals surface area contributed by atoms with Gasteiger partial charge in [0.05, 0.1) is 32.1 Å². The predicted molar refractivity (Wildman–Crippen MR) is 98.0 cm³/mol. The van der Waals surface area contributed by atoms with E-state index in [2.05, 4.69) is 5.10 Å². The number of amides is 1. The number of carbonyl (C=O) groups is 1. The summed E-state index contributed by atoms with van der Waals surface area (Å²) >= 11 is 0. The summed E-state index contributed by atoms with van der Waals surface area (Å²) in [5.74, 6) is 0.799. The van der Waals surface area contributed by atoms with Gasteiger partial charge in [-0.15, -0.1) is 0 Å². The molecule has 0 saturated heterocycles. The SMILES string of the molecule is COc1ccc(CN2CCn3nc(C(C)OC[C@H](C)N)cc3C2=O)cc1. The van der Waals surface area contributed by atoms with E-state index >= 15 is 0 Å². The van der Waals surface area contributed by atoms with Gasteiger partial charge in [-0.3, -0.25) is 9.48 Å². The van der Waals surface area contributed by atoms with E-state index in [0.717, 1.165) is 17.0 Å². The first-order valence-electron chi connectivity index (χ1n) is 8.85. The van der Waals surface area contributed by atoms with Crippen molar-refractivity contribution in [1.82, 2.24) is 14.7 Å². The molecule has 140 valence electrons. The van der Waals surface area contributed by atoms with Crippen molar-refractivity contribution in [2.75, 3.05) is 20.3 Å². The van der Waals surface area contributed by atoms with E-state index in [0.29, 0.717) is 31.9 Å². The first-order valence-corrected chi connectivity index (χ1v) is 8.85. The van der Waals surface area contributed by atoms with Gasteiger partial charge in [0.1, 0.15) is 11.4 Å². The fourth-order valence-corrected chi connectivity index (χ4v) is 2.94. The molecular formula is C19H26N4O3. The summed E-state index contributed by atoms with van der Waals surface area (Å²) in [7, 11) is 1.64. The van der Waals surface area contributed by atoms with Crippen molar-refractivity contribution in [3.05, 3.63) is 47.3 Å². The van der Waals surface area contributed by atoms with Crippen molar-refractivity contribution in [1.29, 1.82) is 0 Å². The molecule has 7 nitrogen and oxygen atoms in total. The highest BCUT2D eigenvalue weighted by Gasteiger charge is 2.27. The van der Waals surface area contributed by atoms with E-state index < -0.39 is 0 Å². The number of fused-ring (bicyclic) bond motifs is 1.